The molecule has 2 aliphatic carbocycles. The number of carbonyl (C=O) groups excluding carboxylic acids is 1. The number of amides is 1. The van der Waals surface area contributed by atoms with Gasteiger partial charge >= 0.3 is 0 Å². The van der Waals surface area contributed by atoms with Gasteiger partial charge in [-0.25, -0.2) is 13.4 Å². The molecule has 5 nitrogen and oxygen atoms in total. The number of hydrogen-bond acceptors (Lipinski definition) is 5. The molecular formula is C21H26N2O3S2. The van der Waals surface area contributed by atoms with E-state index in [4.69, 9.17) is 0 Å². The minimum Gasteiger partial charge on any atom is -0.302 e. The van der Waals surface area contributed by atoms with Gasteiger partial charge in [-0.3, -0.25) is 4.79 Å². The Morgan fingerprint density at radius 1 is 1.11 bits per heavy atom. The molecule has 28 heavy (non-hydrogen) atoms. The molecule has 0 aliphatic heterocycles. The van der Waals surface area contributed by atoms with Crippen molar-refractivity contribution in [1.29, 1.82) is 0 Å². The smallest absolute Gasteiger partial charge is 0.227 e. The second kappa shape index (κ2) is 8.33. The molecule has 1 aromatic carbocycles. The molecule has 2 aromatic rings. The number of nitrogens with one attached hydrogen (secondary N) is 1. The molecule has 4 rings (SSSR count). The molecule has 1 N–H and O–H groups in total. The van der Waals surface area contributed by atoms with E-state index < -0.39 is 9.84 Å². The van der Waals surface area contributed by atoms with Crippen LogP contribution in [-0.2, 0) is 27.5 Å². The lowest BCUT2D eigenvalue weighted by Gasteiger charge is -2.16. The molecule has 0 spiro atoms. The van der Waals surface area contributed by atoms with Crippen LogP contribution in [0.15, 0.2) is 23.6 Å². The summed E-state index contributed by atoms with van der Waals surface area (Å²) < 4.78 is 24.6. The topological polar surface area (TPSA) is 76.1 Å². The van der Waals surface area contributed by atoms with E-state index >= 15 is 0 Å². The number of fused-ring (bicyclic) bond motifs is 1. The minimum absolute atomic E-state index is 0.00735. The minimum atomic E-state index is -3.17. The van der Waals surface area contributed by atoms with Gasteiger partial charge < -0.3 is 5.32 Å². The van der Waals surface area contributed by atoms with Gasteiger partial charge in [0, 0.05) is 17.4 Å². The number of carbonyl (C=O) groups is 1. The highest BCUT2D eigenvalue weighted by Gasteiger charge is 2.29. The van der Waals surface area contributed by atoms with Crippen LogP contribution in [0.1, 0.15) is 56.1 Å². The van der Waals surface area contributed by atoms with Crippen LogP contribution in [0.25, 0.3) is 11.3 Å². The molecule has 1 fully saturated rings. The number of anilines is 1. The van der Waals surface area contributed by atoms with Crippen LogP contribution < -0.4 is 5.32 Å². The number of aromatic nitrogens is 1. The average Bonchev–Trinajstić information content (AvgIpc) is 3.39. The van der Waals surface area contributed by atoms with Crippen molar-refractivity contribution >= 4 is 32.2 Å². The maximum atomic E-state index is 12.3. The lowest BCUT2D eigenvalue weighted by Crippen LogP contribution is -2.24. The van der Waals surface area contributed by atoms with Crippen molar-refractivity contribution in [2.45, 2.75) is 63.0 Å². The largest absolute Gasteiger partial charge is 0.302 e. The highest BCUT2D eigenvalue weighted by molar-refractivity contribution is 7.92. The number of thiazole rings is 1. The third kappa shape index (κ3) is 4.46. The van der Waals surface area contributed by atoms with Gasteiger partial charge in [0.25, 0.3) is 0 Å². The third-order valence-electron chi connectivity index (χ3n) is 5.82. The Labute approximate surface area is 170 Å². The van der Waals surface area contributed by atoms with Crippen LogP contribution in [0.4, 0.5) is 5.13 Å². The van der Waals surface area contributed by atoms with Gasteiger partial charge in [-0.2, -0.15) is 0 Å². The molecule has 1 saturated carbocycles. The van der Waals surface area contributed by atoms with Gasteiger partial charge in [-0.15, -0.1) is 11.3 Å². The van der Waals surface area contributed by atoms with E-state index in [0.717, 1.165) is 49.8 Å². The molecule has 0 saturated heterocycles. The van der Waals surface area contributed by atoms with Crippen molar-refractivity contribution in [3.8, 4) is 11.3 Å². The number of rotatable bonds is 6. The van der Waals surface area contributed by atoms with E-state index in [1.165, 1.54) is 35.3 Å². The van der Waals surface area contributed by atoms with Crippen molar-refractivity contribution in [1.82, 2.24) is 4.98 Å². The lowest BCUT2D eigenvalue weighted by molar-refractivity contribution is -0.115. The monoisotopic (exact) mass is 418 g/mol. The molecular weight excluding hydrogens is 392 g/mol. The fourth-order valence-corrected chi connectivity index (χ4v) is 6.78. The van der Waals surface area contributed by atoms with Gasteiger partial charge in [0.15, 0.2) is 15.0 Å². The molecule has 1 heterocycles. The molecule has 0 radical (unpaired) electrons. The summed E-state index contributed by atoms with van der Waals surface area (Å²) in [5.41, 5.74) is 4.76. The molecule has 1 amide bonds. The Kier molecular flexibility index (Phi) is 5.83. The lowest BCUT2D eigenvalue weighted by atomic mass is 9.90. The predicted octanol–water partition coefficient (Wildman–Crippen LogP) is 4.37. The van der Waals surface area contributed by atoms with E-state index in [2.05, 4.69) is 28.5 Å². The van der Waals surface area contributed by atoms with E-state index in [0.29, 0.717) is 5.13 Å². The first kappa shape index (κ1) is 19.6. The fraction of sp³-hybridized carbons (Fsp3) is 0.524. The van der Waals surface area contributed by atoms with Crippen LogP contribution >= 0.6 is 11.3 Å². The van der Waals surface area contributed by atoms with Gasteiger partial charge in [0.2, 0.25) is 5.91 Å². The van der Waals surface area contributed by atoms with Crippen LogP contribution in [0.3, 0.4) is 0 Å². The molecule has 1 aromatic heterocycles. The highest BCUT2D eigenvalue weighted by Crippen LogP contribution is 2.30. The zero-order valence-corrected chi connectivity index (χ0v) is 17.6. The Hall–Kier alpha value is -1.73. The van der Waals surface area contributed by atoms with E-state index in [1.54, 1.807) is 0 Å². The number of benzene rings is 1. The molecule has 150 valence electrons. The van der Waals surface area contributed by atoms with Gasteiger partial charge in [-0.05, 0) is 55.7 Å². The summed E-state index contributed by atoms with van der Waals surface area (Å²) in [5, 5.41) is 4.97. The quantitative estimate of drug-likeness (QED) is 0.755. The molecule has 0 unspecified atom stereocenters. The van der Waals surface area contributed by atoms with E-state index in [1.807, 2.05) is 5.38 Å². The third-order valence-corrected chi connectivity index (χ3v) is 8.84. The Balaban J connectivity index is 1.36. The number of sulfone groups is 1. The maximum Gasteiger partial charge on any atom is 0.227 e. The van der Waals surface area contributed by atoms with Crippen LogP contribution in [0.2, 0.25) is 0 Å². The maximum absolute atomic E-state index is 12.3. The first-order chi connectivity index (χ1) is 13.5. The summed E-state index contributed by atoms with van der Waals surface area (Å²) in [4.78, 5) is 16.7. The molecule has 0 bridgehead atoms. The molecule has 0 atom stereocenters. The van der Waals surface area contributed by atoms with Gasteiger partial charge in [-0.1, -0.05) is 25.0 Å². The number of aryl methyl sites for hydroxylation is 2. The summed E-state index contributed by atoms with van der Waals surface area (Å²) in [6.45, 7) is 0. The van der Waals surface area contributed by atoms with Crippen molar-refractivity contribution in [2.75, 3.05) is 11.1 Å². The second-order valence-electron chi connectivity index (χ2n) is 7.80. The van der Waals surface area contributed by atoms with E-state index in [-0.39, 0.29) is 23.3 Å². The van der Waals surface area contributed by atoms with Crippen molar-refractivity contribution in [3.63, 3.8) is 0 Å². The zero-order chi connectivity index (χ0) is 19.6. The summed E-state index contributed by atoms with van der Waals surface area (Å²) in [5.74, 6) is -0.361. The molecule has 7 heteroatoms. The van der Waals surface area contributed by atoms with Crippen LogP contribution in [0.5, 0.6) is 0 Å². The van der Waals surface area contributed by atoms with Crippen LogP contribution in [0, 0.1) is 0 Å². The predicted molar refractivity (Wildman–Crippen MR) is 113 cm³/mol. The van der Waals surface area contributed by atoms with E-state index in [9.17, 15) is 13.2 Å². The summed E-state index contributed by atoms with van der Waals surface area (Å²) in [6, 6.07) is 6.50. The van der Waals surface area contributed by atoms with Crippen molar-refractivity contribution in [2.24, 2.45) is 0 Å². The zero-order valence-electron chi connectivity index (χ0n) is 15.9. The first-order valence-electron chi connectivity index (χ1n) is 10.1. The SMILES string of the molecule is O=C(CCS(=O)(=O)C1CCCC1)Nc1nc(-c2ccc3c(c2)CCCC3)cs1. The van der Waals surface area contributed by atoms with Crippen molar-refractivity contribution < 1.29 is 13.2 Å². The first-order valence-corrected chi connectivity index (χ1v) is 12.7. The van der Waals surface area contributed by atoms with Crippen LogP contribution in [-0.4, -0.2) is 30.3 Å². The average molecular weight is 419 g/mol. The summed E-state index contributed by atoms with van der Waals surface area (Å²) in [6.07, 6.45) is 8.17. The van der Waals surface area contributed by atoms with Gasteiger partial charge in [0.05, 0.1) is 16.7 Å². The Morgan fingerprint density at radius 2 is 1.86 bits per heavy atom. The second-order valence-corrected chi connectivity index (χ2v) is 11.1. The fourth-order valence-electron chi connectivity index (χ4n) is 4.19. The Morgan fingerprint density at radius 3 is 2.64 bits per heavy atom. The number of nitrogens with zero attached hydrogens (tertiary/aromatic N) is 1. The summed E-state index contributed by atoms with van der Waals surface area (Å²) in [7, 11) is -3.17. The number of hydrogen-bond donors (Lipinski definition) is 1. The summed E-state index contributed by atoms with van der Waals surface area (Å²) >= 11 is 1.38. The highest BCUT2D eigenvalue weighted by atomic mass is 32.2. The standard InChI is InChI=1S/C21H26N2O3S2/c24-20(11-12-28(25,26)18-7-3-4-8-18)23-21-22-19(14-27-21)17-10-9-15-5-1-2-6-16(15)13-17/h9-10,13-14,18H,1-8,11-12H2,(H,22,23,24). The normalized spacial score (nSPS) is 17.4. The Bertz CT molecular complexity index is 960. The molecule has 2 aliphatic rings. The van der Waals surface area contributed by atoms with Crippen molar-refractivity contribution in [3.05, 3.63) is 34.7 Å². The van der Waals surface area contributed by atoms with Gasteiger partial charge in [0.1, 0.15) is 0 Å².